The molecule has 3 rings (SSSR count). The molecule has 0 spiro atoms. The molecule has 0 saturated heterocycles. The molecule has 6 heteroatoms. The molecule has 3 aliphatic carbocycles. The largest absolute Gasteiger partial charge is 0.388 e. The van der Waals surface area contributed by atoms with Gasteiger partial charge in [0.2, 0.25) is 11.8 Å². The minimum Gasteiger partial charge on any atom is -0.388 e. The van der Waals surface area contributed by atoms with Crippen LogP contribution in [-0.2, 0) is 9.59 Å². The Balaban J connectivity index is 2.07. The maximum Gasteiger partial charge on any atom is 0.238 e. The Kier molecular flexibility index (Phi) is 5.13. The second-order valence-electron chi connectivity index (χ2n) is 9.95. The van der Waals surface area contributed by atoms with Gasteiger partial charge in [0.15, 0.2) is 0 Å². The van der Waals surface area contributed by atoms with Gasteiger partial charge >= 0.3 is 0 Å². The Morgan fingerprint density at radius 3 is 1.37 bits per heavy atom. The minimum absolute atomic E-state index is 0.00727. The zero-order chi connectivity index (χ0) is 20.2. The van der Waals surface area contributed by atoms with Gasteiger partial charge in [0.1, 0.15) is 5.41 Å². The molecule has 0 radical (unpaired) electrons. The topological polar surface area (TPSA) is 104 Å². The molecule has 154 valence electrons. The van der Waals surface area contributed by atoms with Crippen LogP contribution in [0.4, 0.5) is 0 Å². The van der Waals surface area contributed by atoms with Crippen molar-refractivity contribution in [1.29, 1.82) is 0 Å². The summed E-state index contributed by atoms with van der Waals surface area (Å²) < 4.78 is 0. The van der Waals surface area contributed by atoms with E-state index in [0.717, 1.165) is 12.8 Å². The quantitative estimate of drug-likeness (QED) is 0.560. The van der Waals surface area contributed by atoms with E-state index in [4.69, 9.17) is 5.73 Å². The maximum absolute atomic E-state index is 13.7. The van der Waals surface area contributed by atoms with E-state index in [9.17, 15) is 19.8 Å². The SMILES string of the molecule is CC(C)C(N(C(=O)C1(C(N)=O)CC1)C(C(C)C)C1(O)CCC1)C1(O)CCC1. The van der Waals surface area contributed by atoms with Crippen LogP contribution in [0.3, 0.4) is 0 Å². The molecule has 3 fully saturated rings. The molecule has 0 aliphatic heterocycles. The summed E-state index contributed by atoms with van der Waals surface area (Å²) in [5.41, 5.74) is 2.56. The molecule has 0 aromatic rings. The van der Waals surface area contributed by atoms with E-state index in [1.807, 2.05) is 27.7 Å². The predicted octanol–water partition coefficient (Wildman–Crippen LogP) is 1.96. The van der Waals surface area contributed by atoms with Gasteiger partial charge < -0.3 is 20.8 Å². The Morgan fingerprint density at radius 2 is 1.19 bits per heavy atom. The average Bonchev–Trinajstić information content (AvgIpc) is 3.31. The van der Waals surface area contributed by atoms with Crippen molar-refractivity contribution in [3.8, 4) is 0 Å². The number of nitrogens with two attached hydrogens (primary N) is 1. The fourth-order valence-electron chi connectivity index (χ4n) is 5.43. The van der Waals surface area contributed by atoms with Gasteiger partial charge in [0, 0.05) is 0 Å². The van der Waals surface area contributed by atoms with Gasteiger partial charge in [-0.25, -0.2) is 0 Å². The summed E-state index contributed by atoms with van der Waals surface area (Å²) >= 11 is 0. The molecule has 3 saturated carbocycles. The summed E-state index contributed by atoms with van der Waals surface area (Å²) in [7, 11) is 0. The molecule has 2 atom stereocenters. The summed E-state index contributed by atoms with van der Waals surface area (Å²) in [4.78, 5) is 27.6. The van der Waals surface area contributed by atoms with Crippen molar-refractivity contribution >= 4 is 11.8 Å². The van der Waals surface area contributed by atoms with E-state index < -0.39 is 34.6 Å². The van der Waals surface area contributed by atoms with Crippen molar-refractivity contribution < 1.29 is 19.8 Å². The molecule has 2 unspecified atom stereocenters. The van der Waals surface area contributed by atoms with Crippen LogP contribution >= 0.6 is 0 Å². The summed E-state index contributed by atoms with van der Waals surface area (Å²) in [5.74, 6) is -0.850. The van der Waals surface area contributed by atoms with Gasteiger partial charge in [-0.1, -0.05) is 27.7 Å². The first-order valence-corrected chi connectivity index (χ1v) is 10.6. The Morgan fingerprint density at radius 1 is 0.815 bits per heavy atom. The highest BCUT2D eigenvalue weighted by molar-refractivity contribution is 6.07. The number of nitrogens with zero attached hydrogens (tertiary/aromatic N) is 1. The predicted molar refractivity (Wildman–Crippen MR) is 103 cm³/mol. The lowest BCUT2D eigenvalue weighted by molar-refractivity contribution is -0.193. The summed E-state index contributed by atoms with van der Waals surface area (Å²) in [5, 5.41) is 22.6. The van der Waals surface area contributed by atoms with Crippen LogP contribution in [-0.4, -0.2) is 50.2 Å². The lowest BCUT2D eigenvalue weighted by atomic mass is 9.66. The normalized spacial score (nSPS) is 26.7. The molecule has 0 bridgehead atoms. The van der Waals surface area contributed by atoms with Crippen molar-refractivity contribution in [3.63, 3.8) is 0 Å². The number of hydrogen-bond acceptors (Lipinski definition) is 4. The Labute approximate surface area is 162 Å². The molecule has 0 aromatic heterocycles. The van der Waals surface area contributed by atoms with Crippen molar-refractivity contribution in [2.45, 2.75) is 102 Å². The average molecular weight is 381 g/mol. The third kappa shape index (κ3) is 3.19. The number of amides is 2. The number of carbonyl (C=O) groups excluding carboxylic acids is 2. The highest BCUT2D eigenvalue weighted by Crippen LogP contribution is 2.52. The number of rotatable bonds is 8. The lowest BCUT2D eigenvalue weighted by Crippen LogP contribution is -2.70. The first kappa shape index (κ1) is 20.6. The molecule has 4 N–H and O–H groups in total. The maximum atomic E-state index is 13.7. The van der Waals surface area contributed by atoms with Crippen LogP contribution in [0.15, 0.2) is 0 Å². The van der Waals surface area contributed by atoms with E-state index in [0.29, 0.717) is 38.5 Å². The van der Waals surface area contributed by atoms with E-state index >= 15 is 0 Å². The second-order valence-corrected chi connectivity index (χ2v) is 9.95. The van der Waals surface area contributed by atoms with E-state index in [1.165, 1.54) is 0 Å². The zero-order valence-corrected chi connectivity index (χ0v) is 17.2. The highest BCUT2D eigenvalue weighted by atomic mass is 16.3. The van der Waals surface area contributed by atoms with Crippen LogP contribution in [0, 0.1) is 17.3 Å². The van der Waals surface area contributed by atoms with E-state index in [-0.39, 0.29) is 17.7 Å². The van der Waals surface area contributed by atoms with Gasteiger partial charge in [0.05, 0.1) is 23.3 Å². The fourth-order valence-corrected chi connectivity index (χ4v) is 5.43. The monoisotopic (exact) mass is 380 g/mol. The molecule has 27 heavy (non-hydrogen) atoms. The van der Waals surface area contributed by atoms with E-state index in [2.05, 4.69) is 0 Å². The third-order valence-corrected chi connectivity index (χ3v) is 7.27. The van der Waals surface area contributed by atoms with Gasteiger partial charge in [-0.05, 0) is 63.2 Å². The number of carbonyl (C=O) groups is 2. The van der Waals surface area contributed by atoms with Crippen LogP contribution < -0.4 is 5.73 Å². The van der Waals surface area contributed by atoms with Gasteiger partial charge in [-0.2, -0.15) is 0 Å². The van der Waals surface area contributed by atoms with Crippen LogP contribution in [0.5, 0.6) is 0 Å². The number of primary amides is 1. The molecule has 2 amide bonds. The second kappa shape index (κ2) is 6.73. The highest BCUT2D eigenvalue weighted by Gasteiger charge is 2.63. The molecule has 0 aromatic carbocycles. The molecular formula is C21H36N2O4. The van der Waals surface area contributed by atoms with Gasteiger partial charge in [-0.15, -0.1) is 0 Å². The van der Waals surface area contributed by atoms with Crippen molar-refractivity contribution in [2.75, 3.05) is 0 Å². The summed E-state index contributed by atoms with van der Waals surface area (Å²) in [6.45, 7) is 8.03. The first-order valence-electron chi connectivity index (χ1n) is 10.6. The minimum atomic E-state index is -1.15. The van der Waals surface area contributed by atoms with Gasteiger partial charge in [0.25, 0.3) is 0 Å². The van der Waals surface area contributed by atoms with Crippen LogP contribution in [0.25, 0.3) is 0 Å². The van der Waals surface area contributed by atoms with Gasteiger partial charge in [-0.3, -0.25) is 9.59 Å². The zero-order valence-electron chi connectivity index (χ0n) is 17.2. The Bertz CT molecular complexity index is 571. The third-order valence-electron chi connectivity index (χ3n) is 7.27. The summed E-state index contributed by atoms with van der Waals surface area (Å²) in [6, 6.07) is -0.847. The molecule has 0 heterocycles. The molecular weight excluding hydrogens is 344 g/mol. The summed E-state index contributed by atoms with van der Waals surface area (Å²) in [6.07, 6.45) is 5.37. The molecule has 3 aliphatic rings. The molecule has 6 nitrogen and oxygen atoms in total. The van der Waals surface area contributed by atoms with Crippen LogP contribution in [0.2, 0.25) is 0 Å². The first-order chi connectivity index (χ1) is 12.5. The fraction of sp³-hybridized carbons (Fsp3) is 0.905. The lowest BCUT2D eigenvalue weighted by Gasteiger charge is -2.58. The number of aliphatic hydroxyl groups is 2. The van der Waals surface area contributed by atoms with Crippen molar-refractivity contribution in [2.24, 2.45) is 23.0 Å². The smallest absolute Gasteiger partial charge is 0.238 e. The Hall–Kier alpha value is -1.14. The standard InChI is InChI=1S/C21H36N2O4/c1-13(2)15(20(26)7-5-8-20)23(18(25)19(11-12-19)17(22)24)16(14(3)4)21(27)9-6-10-21/h13-16,26-27H,5-12H2,1-4H3,(H2,22,24). The van der Waals surface area contributed by atoms with Crippen molar-refractivity contribution in [3.05, 3.63) is 0 Å². The number of hydrogen-bond donors (Lipinski definition) is 3. The van der Waals surface area contributed by atoms with Crippen LogP contribution in [0.1, 0.15) is 79.1 Å². The van der Waals surface area contributed by atoms with Crippen molar-refractivity contribution in [1.82, 2.24) is 4.90 Å². The van der Waals surface area contributed by atoms with E-state index in [1.54, 1.807) is 4.90 Å².